The van der Waals surface area contributed by atoms with Crippen LogP contribution in [0.15, 0.2) is 35.2 Å². The highest BCUT2D eigenvalue weighted by Gasteiger charge is 2.55. The number of hydrogen-bond acceptors (Lipinski definition) is 7. The second kappa shape index (κ2) is 11.1. The SMILES string of the molecule is O=C(Nc1cc(F)c(F)c(F)c1)c1ccc(Cl)c(S(=O)(=O)[C@H]2CC3CCC(C2)[C@]3(O)COCC(O)CO)c1. The molecule has 0 saturated heterocycles. The van der Waals surface area contributed by atoms with E-state index in [0.29, 0.717) is 25.0 Å². The summed E-state index contributed by atoms with van der Waals surface area (Å²) in [5, 5.41) is 30.9. The Hall–Kier alpha value is -2.22. The van der Waals surface area contributed by atoms with Crippen molar-refractivity contribution in [2.24, 2.45) is 11.8 Å². The van der Waals surface area contributed by atoms with E-state index in [2.05, 4.69) is 5.32 Å². The molecule has 38 heavy (non-hydrogen) atoms. The van der Waals surface area contributed by atoms with Crippen molar-refractivity contribution in [3.8, 4) is 0 Å². The molecule has 1 amide bonds. The molecule has 2 aliphatic rings. The van der Waals surface area contributed by atoms with Crippen LogP contribution in [0.3, 0.4) is 0 Å². The molecule has 208 valence electrons. The van der Waals surface area contributed by atoms with Gasteiger partial charge in [0, 0.05) is 23.4 Å². The van der Waals surface area contributed by atoms with E-state index in [1.165, 1.54) is 12.1 Å². The molecule has 0 radical (unpaired) electrons. The lowest BCUT2D eigenvalue weighted by Crippen LogP contribution is -2.51. The molecule has 0 heterocycles. The maximum Gasteiger partial charge on any atom is 0.255 e. The van der Waals surface area contributed by atoms with Gasteiger partial charge in [-0.3, -0.25) is 4.79 Å². The normalized spacial score (nSPS) is 25.8. The summed E-state index contributed by atoms with van der Waals surface area (Å²) >= 11 is 6.21. The van der Waals surface area contributed by atoms with Crippen molar-refractivity contribution in [3.63, 3.8) is 0 Å². The van der Waals surface area contributed by atoms with Crippen LogP contribution in [0.2, 0.25) is 5.02 Å². The van der Waals surface area contributed by atoms with Crippen LogP contribution in [0.5, 0.6) is 0 Å². The lowest BCUT2D eigenvalue weighted by atomic mass is 9.75. The number of rotatable bonds is 9. The topological polar surface area (TPSA) is 133 Å². The number of sulfone groups is 1. The Morgan fingerprint density at radius 1 is 1.13 bits per heavy atom. The summed E-state index contributed by atoms with van der Waals surface area (Å²) in [7, 11) is -4.06. The number of amides is 1. The molecular formula is C25H27ClF3NO7S. The van der Waals surface area contributed by atoms with E-state index in [-0.39, 0.29) is 59.1 Å². The van der Waals surface area contributed by atoms with Crippen LogP contribution in [0, 0.1) is 29.3 Å². The molecule has 3 unspecified atom stereocenters. The van der Waals surface area contributed by atoms with E-state index in [9.17, 15) is 36.6 Å². The van der Waals surface area contributed by atoms with Gasteiger partial charge in [-0.25, -0.2) is 21.6 Å². The zero-order chi connectivity index (χ0) is 27.8. The summed E-state index contributed by atoms with van der Waals surface area (Å²) in [6.45, 7) is -0.754. The van der Waals surface area contributed by atoms with Crippen molar-refractivity contribution in [1.82, 2.24) is 0 Å². The van der Waals surface area contributed by atoms with Crippen molar-refractivity contribution in [2.75, 3.05) is 25.1 Å². The third-order valence-corrected chi connectivity index (χ3v) is 10.1. The molecule has 0 spiro atoms. The minimum atomic E-state index is -4.06. The van der Waals surface area contributed by atoms with Gasteiger partial charge in [-0.1, -0.05) is 11.6 Å². The number of halogens is 4. The number of ether oxygens (including phenoxy) is 1. The van der Waals surface area contributed by atoms with Crippen molar-refractivity contribution in [3.05, 3.63) is 58.4 Å². The molecule has 13 heteroatoms. The fourth-order valence-electron chi connectivity index (χ4n) is 5.38. The predicted octanol–water partition coefficient (Wildman–Crippen LogP) is 3.07. The highest BCUT2D eigenvalue weighted by atomic mass is 35.5. The lowest BCUT2D eigenvalue weighted by molar-refractivity contribution is -0.125. The maximum atomic E-state index is 13.6. The Kier molecular flexibility index (Phi) is 8.41. The van der Waals surface area contributed by atoms with Gasteiger partial charge < -0.3 is 25.4 Å². The number of aliphatic hydroxyl groups excluding tert-OH is 2. The summed E-state index contributed by atoms with van der Waals surface area (Å²) in [4.78, 5) is 12.4. The first-order chi connectivity index (χ1) is 17.9. The van der Waals surface area contributed by atoms with E-state index in [0.717, 1.165) is 6.07 Å². The molecule has 0 aliphatic heterocycles. The van der Waals surface area contributed by atoms with Gasteiger partial charge >= 0.3 is 0 Å². The first-order valence-corrected chi connectivity index (χ1v) is 13.9. The maximum absolute atomic E-state index is 13.6. The van der Waals surface area contributed by atoms with Crippen LogP contribution in [0.4, 0.5) is 18.9 Å². The smallest absolute Gasteiger partial charge is 0.255 e. The number of fused-ring (bicyclic) bond motifs is 2. The molecule has 2 aromatic carbocycles. The molecular weight excluding hydrogens is 551 g/mol. The molecule has 2 fully saturated rings. The Labute approximate surface area is 222 Å². The van der Waals surface area contributed by atoms with Gasteiger partial charge in [-0.15, -0.1) is 0 Å². The number of carbonyl (C=O) groups excluding carboxylic acids is 1. The molecule has 2 aliphatic carbocycles. The number of nitrogens with one attached hydrogen (secondary N) is 1. The highest BCUT2D eigenvalue weighted by Crippen LogP contribution is 2.52. The molecule has 0 aromatic heterocycles. The third-order valence-electron chi connectivity index (χ3n) is 7.41. The molecule has 4 rings (SSSR count). The van der Waals surface area contributed by atoms with Crippen LogP contribution >= 0.6 is 11.6 Å². The quantitative estimate of drug-likeness (QED) is 0.337. The van der Waals surface area contributed by atoms with Crippen molar-refractivity contribution in [2.45, 2.75) is 47.5 Å². The van der Waals surface area contributed by atoms with E-state index >= 15 is 0 Å². The third kappa shape index (κ3) is 5.56. The minimum absolute atomic E-state index is 0.104. The van der Waals surface area contributed by atoms with Gasteiger partial charge in [0.05, 0.1) is 40.6 Å². The average Bonchev–Trinajstić information content (AvgIpc) is 3.02. The van der Waals surface area contributed by atoms with Crippen molar-refractivity contribution in [1.29, 1.82) is 0 Å². The molecule has 2 aromatic rings. The van der Waals surface area contributed by atoms with Gasteiger partial charge in [0.15, 0.2) is 27.3 Å². The summed E-state index contributed by atoms with van der Waals surface area (Å²) in [6.07, 6.45) is 0.338. The van der Waals surface area contributed by atoms with Crippen LogP contribution in [0.1, 0.15) is 36.0 Å². The Morgan fingerprint density at radius 2 is 1.74 bits per heavy atom. The molecule has 3 atom stereocenters. The van der Waals surface area contributed by atoms with Gasteiger partial charge in [0.1, 0.15) is 6.10 Å². The summed E-state index contributed by atoms with van der Waals surface area (Å²) in [6, 6.07) is 4.73. The molecule has 4 N–H and O–H groups in total. The summed E-state index contributed by atoms with van der Waals surface area (Å²) in [5.74, 6) is -6.35. The summed E-state index contributed by atoms with van der Waals surface area (Å²) in [5.41, 5.74) is -1.78. The van der Waals surface area contributed by atoms with Gasteiger partial charge in [0.2, 0.25) is 0 Å². The number of anilines is 1. The Balaban J connectivity index is 1.52. The van der Waals surface area contributed by atoms with Gasteiger partial charge in [0.25, 0.3) is 5.91 Å². The van der Waals surface area contributed by atoms with Crippen molar-refractivity contribution >= 4 is 33.0 Å². The standard InChI is InChI=1S/C25H27ClF3NO7S/c26-19-4-1-13(24(33)30-16-8-20(27)23(29)21(28)9-16)5-22(19)38(35,36)18-6-14-2-3-15(7-18)25(14,34)12-37-11-17(32)10-31/h1,4-5,8-9,14-15,17-18,31-32,34H,2-3,6-7,10-12H2,(H,30,33)/t14?,15?,17?,18-,25-. The number of benzene rings is 2. The number of hydrogen-bond donors (Lipinski definition) is 4. The number of carbonyl (C=O) groups is 1. The van der Waals surface area contributed by atoms with Crippen LogP contribution in [0.25, 0.3) is 0 Å². The van der Waals surface area contributed by atoms with Crippen molar-refractivity contribution < 1.29 is 46.4 Å². The molecule has 8 nitrogen and oxygen atoms in total. The summed E-state index contributed by atoms with van der Waals surface area (Å²) < 4.78 is 72.8. The molecule has 2 bridgehead atoms. The average molecular weight is 578 g/mol. The van der Waals surface area contributed by atoms with Gasteiger partial charge in [-0.05, 0) is 55.7 Å². The highest BCUT2D eigenvalue weighted by molar-refractivity contribution is 7.92. The first kappa shape index (κ1) is 28.8. The van der Waals surface area contributed by atoms with E-state index in [1.54, 1.807) is 0 Å². The fourth-order valence-corrected chi connectivity index (χ4v) is 7.79. The van der Waals surface area contributed by atoms with Gasteiger partial charge in [-0.2, -0.15) is 0 Å². The van der Waals surface area contributed by atoms with E-state index in [4.69, 9.17) is 21.4 Å². The van der Waals surface area contributed by atoms with E-state index < -0.39 is 56.8 Å². The Bertz CT molecular complexity index is 1290. The van der Waals surface area contributed by atoms with Crippen LogP contribution < -0.4 is 5.32 Å². The minimum Gasteiger partial charge on any atom is -0.394 e. The number of aliphatic hydroxyl groups is 3. The largest absolute Gasteiger partial charge is 0.394 e. The zero-order valence-electron chi connectivity index (χ0n) is 20.0. The predicted molar refractivity (Wildman–Crippen MR) is 131 cm³/mol. The Morgan fingerprint density at radius 3 is 2.32 bits per heavy atom. The van der Waals surface area contributed by atoms with Crippen LogP contribution in [-0.2, 0) is 14.6 Å². The second-order valence-corrected chi connectivity index (χ2v) is 12.4. The second-order valence-electron chi connectivity index (χ2n) is 9.81. The zero-order valence-corrected chi connectivity index (χ0v) is 21.6. The monoisotopic (exact) mass is 577 g/mol. The fraction of sp³-hybridized carbons (Fsp3) is 0.480. The lowest BCUT2D eigenvalue weighted by Gasteiger charge is -2.42. The van der Waals surface area contributed by atoms with E-state index in [1.807, 2.05) is 0 Å². The van der Waals surface area contributed by atoms with Crippen LogP contribution in [-0.4, -0.2) is 66.4 Å². The first-order valence-electron chi connectivity index (χ1n) is 11.9. The molecule has 2 saturated carbocycles.